The van der Waals surface area contributed by atoms with Crippen LogP contribution in [0.2, 0.25) is 0 Å². The maximum atomic E-state index is 12.1. The minimum absolute atomic E-state index is 0.266. The topological polar surface area (TPSA) is 59.1 Å². The summed E-state index contributed by atoms with van der Waals surface area (Å²) in [5.41, 5.74) is 4.58. The first kappa shape index (κ1) is 11.9. The van der Waals surface area contributed by atoms with Crippen LogP contribution in [0.3, 0.4) is 0 Å². The molecule has 3 N–H and O–H groups in total. The first-order valence-electron chi connectivity index (χ1n) is 4.36. The zero-order valence-electron chi connectivity index (χ0n) is 7.83. The molecule has 0 fully saturated rings. The summed E-state index contributed by atoms with van der Waals surface area (Å²) in [5.74, 6) is 0. The van der Waals surface area contributed by atoms with Gasteiger partial charge in [0.25, 0.3) is 0 Å². The maximum Gasteiger partial charge on any atom is 0.433 e. The van der Waals surface area contributed by atoms with E-state index in [1.165, 1.54) is 6.07 Å². The summed E-state index contributed by atoms with van der Waals surface area (Å²) >= 11 is 0. The summed E-state index contributed by atoms with van der Waals surface area (Å²) < 4.78 is 36.4. The maximum absolute atomic E-state index is 12.1. The Balaban J connectivity index is 2.81. The number of hydrogen-bond donors (Lipinski definition) is 2. The van der Waals surface area contributed by atoms with Gasteiger partial charge < -0.3 is 10.8 Å². The largest absolute Gasteiger partial charge is 0.433 e. The van der Waals surface area contributed by atoms with Crippen LogP contribution in [0.15, 0.2) is 18.3 Å². The molecule has 3 nitrogen and oxygen atoms in total. The summed E-state index contributed by atoms with van der Waals surface area (Å²) in [4.78, 5) is 3.23. The number of aliphatic hydroxyl groups is 1. The molecule has 0 aliphatic heterocycles. The smallest absolute Gasteiger partial charge is 0.388 e. The second-order valence-electron chi connectivity index (χ2n) is 3.07. The van der Waals surface area contributed by atoms with Gasteiger partial charge in [0, 0.05) is 6.20 Å². The van der Waals surface area contributed by atoms with Gasteiger partial charge in [0.1, 0.15) is 5.69 Å². The van der Waals surface area contributed by atoms with Crippen molar-refractivity contribution in [1.82, 2.24) is 4.98 Å². The number of aliphatic hydroxyl groups excluding tert-OH is 1. The zero-order valence-corrected chi connectivity index (χ0v) is 7.83. The van der Waals surface area contributed by atoms with Crippen LogP contribution in [-0.2, 0) is 6.18 Å². The number of halogens is 3. The van der Waals surface area contributed by atoms with Gasteiger partial charge in [-0.2, -0.15) is 13.2 Å². The molecule has 1 atom stereocenters. The lowest BCUT2D eigenvalue weighted by Crippen LogP contribution is -2.10. The Morgan fingerprint density at radius 2 is 2.07 bits per heavy atom. The van der Waals surface area contributed by atoms with E-state index in [-0.39, 0.29) is 6.54 Å². The van der Waals surface area contributed by atoms with Gasteiger partial charge in [-0.05, 0) is 24.6 Å². The molecule has 1 heterocycles. The second kappa shape index (κ2) is 4.59. The van der Waals surface area contributed by atoms with Crippen molar-refractivity contribution in [3.05, 3.63) is 29.6 Å². The normalized spacial score (nSPS) is 13.9. The highest BCUT2D eigenvalue weighted by Crippen LogP contribution is 2.28. The highest BCUT2D eigenvalue weighted by molar-refractivity contribution is 5.17. The van der Waals surface area contributed by atoms with E-state index in [1.807, 2.05) is 0 Å². The summed E-state index contributed by atoms with van der Waals surface area (Å²) in [6, 6.07) is 2.05. The van der Waals surface area contributed by atoms with Gasteiger partial charge in [-0.25, -0.2) is 0 Å². The van der Waals surface area contributed by atoms with Crippen LogP contribution < -0.4 is 5.73 Å². The Kier molecular flexibility index (Phi) is 3.65. The number of hydrogen-bond acceptors (Lipinski definition) is 3. The van der Waals surface area contributed by atoms with Crippen LogP contribution in [0, 0.1) is 0 Å². The van der Waals surface area contributed by atoms with E-state index in [0.717, 1.165) is 12.3 Å². The lowest BCUT2D eigenvalue weighted by Gasteiger charge is -2.10. The molecule has 1 rings (SSSR count). The van der Waals surface area contributed by atoms with E-state index in [0.29, 0.717) is 12.0 Å². The minimum Gasteiger partial charge on any atom is -0.388 e. The molecule has 0 saturated heterocycles. The molecule has 0 aliphatic rings. The van der Waals surface area contributed by atoms with Crippen LogP contribution >= 0.6 is 0 Å². The summed E-state index contributed by atoms with van der Waals surface area (Å²) in [5, 5.41) is 9.41. The molecule has 0 bridgehead atoms. The molecule has 0 amide bonds. The van der Waals surface area contributed by atoms with Crippen molar-refractivity contribution in [2.45, 2.75) is 18.7 Å². The fourth-order valence-electron chi connectivity index (χ4n) is 1.09. The number of alkyl halides is 3. The monoisotopic (exact) mass is 220 g/mol. The molecule has 0 radical (unpaired) electrons. The molecule has 6 heteroatoms. The predicted octanol–water partition coefficient (Wildman–Crippen LogP) is 1.48. The minimum atomic E-state index is -4.45. The number of nitrogens with zero attached hydrogens (tertiary/aromatic N) is 1. The fourth-order valence-corrected chi connectivity index (χ4v) is 1.09. The molecule has 0 saturated carbocycles. The van der Waals surface area contributed by atoms with E-state index in [2.05, 4.69) is 4.98 Å². The van der Waals surface area contributed by atoms with Crippen molar-refractivity contribution in [1.29, 1.82) is 0 Å². The van der Waals surface area contributed by atoms with E-state index in [1.54, 1.807) is 0 Å². The Hall–Kier alpha value is -1.14. The van der Waals surface area contributed by atoms with Crippen molar-refractivity contribution >= 4 is 0 Å². The molecular formula is C9H11F3N2O. The summed E-state index contributed by atoms with van der Waals surface area (Å²) in [6.45, 7) is 0.266. The number of nitrogens with two attached hydrogens (primary N) is 1. The van der Waals surface area contributed by atoms with E-state index < -0.39 is 18.0 Å². The van der Waals surface area contributed by atoms with Gasteiger partial charge in [0.2, 0.25) is 0 Å². The Labute approximate surface area is 84.7 Å². The van der Waals surface area contributed by atoms with Gasteiger partial charge in [-0.3, -0.25) is 4.98 Å². The van der Waals surface area contributed by atoms with Gasteiger partial charge in [0.15, 0.2) is 0 Å². The zero-order chi connectivity index (χ0) is 11.5. The standard InChI is InChI=1S/C9H11F3N2O/c10-9(11,12)8-2-1-6(5-14-8)7(15)3-4-13/h1-2,5,7,15H,3-4,13H2/t7-/m0/s1. The van der Waals surface area contributed by atoms with Gasteiger partial charge >= 0.3 is 6.18 Å². The quantitative estimate of drug-likeness (QED) is 0.811. The third-order valence-corrected chi connectivity index (χ3v) is 1.90. The van der Waals surface area contributed by atoms with Gasteiger partial charge in [-0.15, -0.1) is 0 Å². The van der Waals surface area contributed by atoms with Crippen LogP contribution in [0.4, 0.5) is 13.2 Å². The highest BCUT2D eigenvalue weighted by Gasteiger charge is 2.32. The van der Waals surface area contributed by atoms with Crippen molar-refractivity contribution in [2.75, 3.05) is 6.54 Å². The van der Waals surface area contributed by atoms with Crippen LogP contribution in [-0.4, -0.2) is 16.6 Å². The van der Waals surface area contributed by atoms with Crippen LogP contribution in [0.25, 0.3) is 0 Å². The average Bonchev–Trinajstić information content (AvgIpc) is 2.17. The SMILES string of the molecule is NCC[C@H](O)c1ccc(C(F)(F)F)nc1. The lowest BCUT2D eigenvalue weighted by molar-refractivity contribution is -0.141. The molecule has 1 aromatic heterocycles. The van der Waals surface area contributed by atoms with Crippen molar-refractivity contribution in [3.8, 4) is 0 Å². The predicted molar refractivity (Wildman–Crippen MR) is 47.9 cm³/mol. The number of pyridine rings is 1. The third kappa shape index (κ3) is 3.17. The Morgan fingerprint density at radius 1 is 1.40 bits per heavy atom. The molecule has 0 aromatic carbocycles. The molecule has 84 valence electrons. The van der Waals surface area contributed by atoms with E-state index in [9.17, 15) is 18.3 Å². The summed E-state index contributed by atoms with van der Waals surface area (Å²) in [7, 11) is 0. The van der Waals surface area contributed by atoms with Crippen molar-refractivity contribution < 1.29 is 18.3 Å². The number of rotatable bonds is 3. The van der Waals surface area contributed by atoms with E-state index in [4.69, 9.17) is 5.73 Å². The van der Waals surface area contributed by atoms with Crippen molar-refractivity contribution in [3.63, 3.8) is 0 Å². The molecule has 0 aliphatic carbocycles. The van der Waals surface area contributed by atoms with Crippen LogP contribution in [0.1, 0.15) is 23.8 Å². The van der Waals surface area contributed by atoms with Gasteiger partial charge in [0.05, 0.1) is 6.10 Å². The first-order chi connectivity index (χ1) is 6.95. The highest BCUT2D eigenvalue weighted by atomic mass is 19.4. The van der Waals surface area contributed by atoms with Crippen LogP contribution in [0.5, 0.6) is 0 Å². The molecule has 0 spiro atoms. The van der Waals surface area contributed by atoms with Crippen molar-refractivity contribution in [2.24, 2.45) is 5.73 Å². The first-order valence-corrected chi connectivity index (χ1v) is 4.36. The molecule has 0 unspecified atom stereocenters. The average molecular weight is 220 g/mol. The Morgan fingerprint density at radius 3 is 2.47 bits per heavy atom. The molecule has 1 aromatic rings. The second-order valence-corrected chi connectivity index (χ2v) is 3.07. The third-order valence-electron chi connectivity index (χ3n) is 1.90. The molecule has 15 heavy (non-hydrogen) atoms. The number of aromatic nitrogens is 1. The van der Waals surface area contributed by atoms with E-state index >= 15 is 0 Å². The molecular weight excluding hydrogens is 209 g/mol. The Bertz CT molecular complexity index is 310. The summed E-state index contributed by atoms with van der Waals surface area (Å²) in [6.07, 6.45) is -3.99. The van der Waals surface area contributed by atoms with Gasteiger partial charge in [-0.1, -0.05) is 6.07 Å². The fraction of sp³-hybridized carbons (Fsp3) is 0.444. The lowest BCUT2D eigenvalue weighted by atomic mass is 10.1.